The summed E-state index contributed by atoms with van der Waals surface area (Å²) in [7, 11) is 0. The number of nitrogens with zero attached hydrogens (tertiary/aromatic N) is 1. The van der Waals surface area contributed by atoms with E-state index in [0.29, 0.717) is 5.41 Å². The van der Waals surface area contributed by atoms with Gasteiger partial charge in [-0.3, -0.25) is 4.98 Å². The standard InChI is InChI=1S/C15H26N2S/c1-13(2)9-16-11-15(6-4-3-5-7-15)8-14-10-17-12-18-14/h10,12-13,16H,3-9,11H2,1-2H3. The van der Waals surface area contributed by atoms with Crippen molar-refractivity contribution in [3.63, 3.8) is 0 Å². The highest BCUT2D eigenvalue weighted by Crippen LogP contribution is 2.39. The molecule has 1 fully saturated rings. The third kappa shape index (κ3) is 4.06. The second-order valence-electron chi connectivity index (χ2n) is 6.23. The van der Waals surface area contributed by atoms with Gasteiger partial charge >= 0.3 is 0 Å². The number of nitrogens with one attached hydrogen (secondary N) is 1. The maximum absolute atomic E-state index is 4.23. The zero-order valence-electron chi connectivity index (χ0n) is 11.7. The molecule has 1 N–H and O–H groups in total. The summed E-state index contributed by atoms with van der Waals surface area (Å²) in [6, 6.07) is 0. The number of thiazole rings is 1. The van der Waals surface area contributed by atoms with E-state index in [2.05, 4.69) is 30.3 Å². The predicted octanol–water partition coefficient (Wildman–Crippen LogP) is 3.88. The molecule has 0 bridgehead atoms. The number of hydrogen-bond acceptors (Lipinski definition) is 3. The molecule has 3 heteroatoms. The Bertz CT molecular complexity index is 326. The summed E-state index contributed by atoms with van der Waals surface area (Å²) in [5, 5.41) is 3.69. The largest absolute Gasteiger partial charge is 0.316 e. The van der Waals surface area contributed by atoms with Crippen LogP contribution in [0.5, 0.6) is 0 Å². The molecule has 1 aliphatic rings. The molecule has 0 radical (unpaired) electrons. The molecule has 1 aromatic heterocycles. The van der Waals surface area contributed by atoms with Gasteiger partial charge in [0.25, 0.3) is 0 Å². The van der Waals surface area contributed by atoms with Crippen molar-refractivity contribution >= 4 is 11.3 Å². The Labute approximate surface area is 115 Å². The zero-order valence-corrected chi connectivity index (χ0v) is 12.6. The van der Waals surface area contributed by atoms with Crippen LogP contribution in [0, 0.1) is 11.3 Å². The Morgan fingerprint density at radius 1 is 1.33 bits per heavy atom. The Kier molecular flexibility index (Phi) is 5.19. The molecular formula is C15H26N2S. The van der Waals surface area contributed by atoms with Crippen LogP contribution in [-0.2, 0) is 6.42 Å². The fraction of sp³-hybridized carbons (Fsp3) is 0.800. The quantitative estimate of drug-likeness (QED) is 0.845. The summed E-state index contributed by atoms with van der Waals surface area (Å²) in [5.41, 5.74) is 2.47. The number of rotatable bonds is 6. The molecule has 0 unspecified atom stereocenters. The Hall–Kier alpha value is -0.410. The van der Waals surface area contributed by atoms with E-state index in [1.165, 1.54) is 49.9 Å². The number of hydrogen-bond donors (Lipinski definition) is 1. The van der Waals surface area contributed by atoms with Crippen LogP contribution in [0.15, 0.2) is 11.7 Å². The van der Waals surface area contributed by atoms with Gasteiger partial charge in [0.15, 0.2) is 0 Å². The van der Waals surface area contributed by atoms with Crippen LogP contribution in [0.2, 0.25) is 0 Å². The molecular weight excluding hydrogens is 240 g/mol. The molecule has 18 heavy (non-hydrogen) atoms. The van der Waals surface area contributed by atoms with Gasteiger partial charge in [0.05, 0.1) is 5.51 Å². The van der Waals surface area contributed by atoms with E-state index in [4.69, 9.17) is 0 Å². The van der Waals surface area contributed by atoms with Crippen molar-refractivity contribution in [2.75, 3.05) is 13.1 Å². The normalized spacial score (nSPS) is 19.3. The van der Waals surface area contributed by atoms with Gasteiger partial charge in [0, 0.05) is 17.6 Å². The second-order valence-corrected chi connectivity index (χ2v) is 7.20. The lowest BCUT2D eigenvalue weighted by molar-refractivity contribution is 0.180. The SMILES string of the molecule is CC(C)CNCC1(Cc2cncs2)CCCCC1. The van der Waals surface area contributed by atoms with E-state index in [9.17, 15) is 0 Å². The zero-order chi connectivity index (χ0) is 12.8. The van der Waals surface area contributed by atoms with Gasteiger partial charge in [-0.1, -0.05) is 33.1 Å². The Morgan fingerprint density at radius 3 is 2.72 bits per heavy atom. The van der Waals surface area contributed by atoms with E-state index >= 15 is 0 Å². The van der Waals surface area contributed by atoms with Crippen molar-refractivity contribution in [3.05, 3.63) is 16.6 Å². The van der Waals surface area contributed by atoms with Crippen molar-refractivity contribution in [2.45, 2.75) is 52.4 Å². The highest BCUT2D eigenvalue weighted by Gasteiger charge is 2.32. The smallest absolute Gasteiger partial charge is 0.0794 e. The Morgan fingerprint density at radius 2 is 2.11 bits per heavy atom. The van der Waals surface area contributed by atoms with Gasteiger partial charge in [-0.2, -0.15) is 0 Å². The van der Waals surface area contributed by atoms with Crippen LogP contribution in [0.4, 0.5) is 0 Å². The summed E-state index contributed by atoms with van der Waals surface area (Å²) in [4.78, 5) is 5.69. The maximum Gasteiger partial charge on any atom is 0.0794 e. The van der Waals surface area contributed by atoms with Crippen molar-refractivity contribution in [2.24, 2.45) is 11.3 Å². The van der Waals surface area contributed by atoms with E-state index < -0.39 is 0 Å². The fourth-order valence-corrected chi connectivity index (χ4v) is 3.81. The summed E-state index contributed by atoms with van der Waals surface area (Å²) >= 11 is 1.82. The lowest BCUT2D eigenvalue weighted by atomic mass is 9.71. The highest BCUT2D eigenvalue weighted by atomic mass is 32.1. The molecule has 102 valence electrons. The fourth-order valence-electron chi connectivity index (χ4n) is 3.04. The average molecular weight is 266 g/mol. The molecule has 1 saturated carbocycles. The Balaban J connectivity index is 1.94. The van der Waals surface area contributed by atoms with E-state index in [-0.39, 0.29) is 0 Å². The van der Waals surface area contributed by atoms with Crippen LogP contribution >= 0.6 is 11.3 Å². The minimum atomic E-state index is 0.500. The second kappa shape index (κ2) is 6.67. The number of aromatic nitrogens is 1. The van der Waals surface area contributed by atoms with Gasteiger partial charge in [-0.15, -0.1) is 11.3 Å². The molecule has 0 amide bonds. The lowest BCUT2D eigenvalue weighted by Gasteiger charge is -2.37. The predicted molar refractivity (Wildman–Crippen MR) is 79.0 cm³/mol. The molecule has 2 rings (SSSR count). The van der Waals surface area contributed by atoms with Crippen molar-refractivity contribution in [1.29, 1.82) is 0 Å². The summed E-state index contributed by atoms with van der Waals surface area (Å²) in [6.07, 6.45) is 10.3. The molecule has 2 nitrogen and oxygen atoms in total. The van der Waals surface area contributed by atoms with Gasteiger partial charge in [-0.25, -0.2) is 0 Å². The first-order valence-electron chi connectivity index (χ1n) is 7.28. The minimum absolute atomic E-state index is 0.500. The van der Waals surface area contributed by atoms with Gasteiger partial charge in [0.1, 0.15) is 0 Å². The summed E-state index contributed by atoms with van der Waals surface area (Å²) < 4.78 is 0. The third-order valence-electron chi connectivity index (χ3n) is 4.00. The topological polar surface area (TPSA) is 24.9 Å². The first-order valence-corrected chi connectivity index (χ1v) is 8.16. The first kappa shape index (κ1) is 14.0. The molecule has 0 spiro atoms. The van der Waals surface area contributed by atoms with Crippen LogP contribution in [0.3, 0.4) is 0 Å². The monoisotopic (exact) mass is 266 g/mol. The molecule has 0 aromatic carbocycles. The van der Waals surface area contributed by atoms with Gasteiger partial charge < -0.3 is 5.32 Å². The minimum Gasteiger partial charge on any atom is -0.316 e. The third-order valence-corrected chi connectivity index (χ3v) is 4.78. The highest BCUT2D eigenvalue weighted by molar-refractivity contribution is 7.09. The summed E-state index contributed by atoms with van der Waals surface area (Å²) in [5.74, 6) is 0.744. The average Bonchev–Trinajstić information content (AvgIpc) is 2.82. The van der Waals surface area contributed by atoms with Crippen molar-refractivity contribution < 1.29 is 0 Å². The molecule has 1 heterocycles. The van der Waals surface area contributed by atoms with E-state index in [0.717, 1.165) is 12.5 Å². The lowest BCUT2D eigenvalue weighted by Crippen LogP contribution is -2.39. The van der Waals surface area contributed by atoms with Crippen molar-refractivity contribution in [3.8, 4) is 0 Å². The van der Waals surface area contributed by atoms with Crippen LogP contribution < -0.4 is 5.32 Å². The molecule has 0 atom stereocenters. The van der Waals surface area contributed by atoms with Crippen molar-refractivity contribution in [1.82, 2.24) is 10.3 Å². The van der Waals surface area contributed by atoms with Crippen LogP contribution in [-0.4, -0.2) is 18.1 Å². The van der Waals surface area contributed by atoms with Crippen LogP contribution in [0.25, 0.3) is 0 Å². The molecule has 1 aliphatic carbocycles. The van der Waals surface area contributed by atoms with Gasteiger partial charge in [0.2, 0.25) is 0 Å². The van der Waals surface area contributed by atoms with Crippen LogP contribution in [0.1, 0.15) is 50.8 Å². The summed E-state index contributed by atoms with van der Waals surface area (Å²) in [6.45, 7) is 6.89. The van der Waals surface area contributed by atoms with E-state index in [1.54, 1.807) is 0 Å². The molecule has 0 aliphatic heterocycles. The molecule has 0 saturated heterocycles. The maximum atomic E-state index is 4.23. The van der Waals surface area contributed by atoms with Gasteiger partial charge in [-0.05, 0) is 37.1 Å². The first-order chi connectivity index (χ1) is 8.70. The molecule has 1 aromatic rings. The van der Waals surface area contributed by atoms with E-state index in [1.807, 2.05) is 16.8 Å².